The maximum absolute atomic E-state index is 8.85. The molecule has 0 fully saturated rings. The van der Waals surface area contributed by atoms with E-state index in [9.17, 15) is 0 Å². The second kappa shape index (κ2) is 6.73. The fourth-order valence-electron chi connectivity index (χ4n) is 2.95. The molecule has 0 radical (unpaired) electrons. The zero-order valence-corrected chi connectivity index (χ0v) is 14.3. The van der Waals surface area contributed by atoms with E-state index in [1.807, 2.05) is 73.7 Å². The van der Waals surface area contributed by atoms with E-state index in [2.05, 4.69) is 11.1 Å². The number of nitriles is 1. The van der Waals surface area contributed by atoms with Crippen LogP contribution >= 0.6 is 0 Å². The molecule has 4 rings (SSSR count). The van der Waals surface area contributed by atoms with Crippen molar-refractivity contribution in [3.8, 4) is 28.8 Å². The maximum Gasteiger partial charge on any atom is 0.179 e. The normalized spacial score (nSPS) is 10.6. The topological polar surface area (TPSA) is 62.5 Å². The quantitative estimate of drug-likeness (QED) is 0.542. The van der Waals surface area contributed by atoms with Gasteiger partial charge in [0, 0.05) is 16.6 Å². The van der Waals surface area contributed by atoms with Gasteiger partial charge in [0.15, 0.2) is 5.82 Å². The van der Waals surface area contributed by atoms with Crippen LogP contribution in [0.25, 0.3) is 33.7 Å². The molecule has 0 aliphatic heterocycles. The summed E-state index contributed by atoms with van der Waals surface area (Å²) in [4.78, 5) is 14.1. The first-order valence-electron chi connectivity index (χ1n) is 8.42. The van der Waals surface area contributed by atoms with Gasteiger partial charge in [0.05, 0.1) is 23.7 Å². The highest BCUT2D eigenvalue weighted by Crippen LogP contribution is 2.28. The molecule has 26 heavy (non-hydrogen) atoms. The Hall–Kier alpha value is -3.58. The minimum absolute atomic E-state index is 0.406. The van der Waals surface area contributed by atoms with Crippen molar-refractivity contribution in [1.29, 1.82) is 5.26 Å². The lowest BCUT2D eigenvalue weighted by Crippen LogP contribution is -1.97. The number of pyridine rings is 1. The summed E-state index contributed by atoms with van der Waals surface area (Å²) < 4.78 is 0. The van der Waals surface area contributed by atoms with Crippen LogP contribution < -0.4 is 0 Å². The molecule has 0 unspecified atom stereocenters. The van der Waals surface area contributed by atoms with E-state index in [1.54, 1.807) is 0 Å². The standard InChI is InChI=1S/C22H16N4/c1-15-5-4-8-20(24-15)22-25-19-7-3-2-6-18(19)21(26-22)17-11-9-16(10-12-17)13-14-23/h2-12H,13H2,1H3. The van der Waals surface area contributed by atoms with Crippen LogP contribution in [0.2, 0.25) is 0 Å². The second-order valence-corrected chi connectivity index (χ2v) is 6.11. The summed E-state index contributed by atoms with van der Waals surface area (Å²) in [5, 5.41) is 9.85. The maximum atomic E-state index is 8.85. The molecule has 0 bridgehead atoms. The van der Waals surface area contributed by atoms with Crippen LogP contribution in [-0.4, -0.2) is 15.0 Å². The van der Waals surface area contributed by atoms with Crippen molar-refractivity contribution >= 4 is 10.9 Å². The largest absolute Gasteiger partial charge is 0.250 e. The Morgan fingerprint density at radius 1 is 0.846 bits per heavy atom. The molecule has 0 N–H and O–H groups in total. The number of aryl methyl sites for hydroxylation is 1. The Morgan fingerprint density at radius 2 is 1.65 bits per heavy atom. The predicted octanol–water partition coefficient (Wildman–Crippen LogP) is 4.73. The predicted molar refractivity (Wildman–Crippen MR) is 102 cm³/mol. The molecule has 0 aliphatic rings. The summed E-state index contributed by atoms with van der Waals surface area (Å²) in [7, 11) is 0. The number of rotatable bonds is 3. The molecule has 0 aliphatic carbocycles. The lowest BCUT2D eigenvalue weighted by molar-refractivity contribution is 1.14. The first-order valence-corrected chi connectivity index (χ1v) is 8.42. The van der Waals surface area contributed by atoms with Crippen LogP contribution in [0, 0.1) is 18.3 Å². The fraction of sp³-hybridized carbons (Fsp3) is 0.0909. The summed E-state index contributed by atoms with van der Waals surface area (Å²) in [5.74, 6) is 0.614. The van der Waals surface area contributed by atoms with Crippen molar-refractivity contribution in [3.05, 3.63) is 78.0 Å². The molecule has 2 heterocycles. The summed E-state index contributed by atoms with van der Waals surface area (Å²) in [6, 6.07) is 24.0. The molecule has 4 aromatic rings. The van der Waals surface area contributed by atoms with E-state index in [4.69, 9.17) is 15.2 Å². The third kappa shape index (κ3) is 3.03. The van der Waals surface area contributed by atoms with E-state index < -0.39 is 0 Å². The van der Waals surface area contributed by atoms with Crippen molar-refractivity contribution in [2.75, 3.05) is 0 Å². The molecule has 4 heteroatoms. The van der Waals surface area contributed by atoms with Gasteiger partial charge in [0.2, 0.25) is 0 Å². The number of benzene rings is 2. The van der Waals surface area contributed by atoms with Crippen LogP contribution in [0.1, 0.15) is 11.3 Å². The molecule has 0 saturated heterocycles. The molecule has 4 nitrogen and oxygen atoms in total. The van der Waals surface area contributed by atoms with E-state index in [-0.39, 0.29) is 0 Å². The lowest BCUT2D eigenvalue weighted by Gasteiger charge is -2.09. The summed E-state index contributed by atoms with van der Waals surface area (Å²) in [5.41, 5.74) is 5.45. The lowest BCUT2D eigenvalue weighted by atomic mass is 10.0. The van der Waals surface area contributed by atoms with Gasteiger partial charge in [0.25, 0.3) is 0 Å². The van der Waals surface area contributed by atoms with Crippen LogP contribution in [-0.2, 0) is 6.42 Å². The van der Waals surface area contributed by atoms with Crippen LogP contribution in [0.4, 0.5) is 0 Å². The van der Waals surface area contributed by atoms with Crippen LogP contribution in [0.5, 0.6) is 0 Å². The highest BCUT2D eigenvalue weighted by Gasteiger charge is 2.12. The van der Waals surface area contributed by atoms with Crippen LogP contribution in [0.3, 0.4) is 0 Å². The van der Waals surface area contributed by atoms with Crippen molar-refractivity contribution in [2.24, 2.45) is 0 Å². The highest BCUT2D eigenvalue weighted by molar-refractivity contribution is 5.93. The third-order valence-corrected chi connectivity index (χ3v) is 4.23. The van der Waals surface area contributed by atoms with Crippen molar-refractivity contribution in [2.45, 2.75) is 13.3 Å². The average molecular weight is 336 g/mol. The summed E-state index contributed by atoms with van der Waals surface area (Å²) >= 11 is 0. The number of aromatic nitrogens is 3. The first kappa shape index (κ1) is 15.9. The first-order chi connectivity index (χ1) is 12.7. The molecule has 0 atom stereocenters. The van der Waals surface area contributed by atoms with Gasteiger partial charge in [-0.3, -0.25) is 0 Å². The SMILES string of the molecule is Cc1cccc(-c2nc(-c3ccc(CC#N)cc3)c3ccccc3n2)n1. The molecule has 0 saturated carbocycles. The number of hydrogen-bond acceptors (Lipinski definition) is 4. The molecule has 0 amide bonds. The number of fused-ring (bicyclic) bond motifs is 1. The Bertz CT molecular complexity index is 1120. The van der Waals surface area contributed by atoms with E-state index in [0.29, 0.717) is 12.2 Å². The summed E-state index contributed by atoms with van der Waals surface area (Å²) in [6.45, 7) is 1.96. The number of hydrogen-bond donors (Lipinski definition) is 0. The minimum Gasteiger partial charge on any atom is -0.250 e. The second-order valence-electron chi connectivity index (χ2n) is 6.11. The number of nitrogens with zero attached hydrogens (tertiary/aromatic N) is 4. The van der Waals surface area contributed by atoms with Gasteiger partial charge in [-0.1, -0.05) is 48.5 Å². The van der Waals surface area contributed by atoms with E-state index >= 15 is 0 Å². The van der Waals surface area contributed by atoms with E-state index in [0.717, 1.165) is 39.1 Å². The van der Waals surface area contributed by atoms with Crippen molar-refractivity contribution < 1.29 is 0 Å². The summed E-state index contributed by atoms with van der Waals surface area (Å²) in [6.07, 6.45) is 0.406. The fourth-order valence-corrected chi connectivity index (χ4v) is 2.95. The monoisotopic (exact) mass is 336 g/mol. The molecule has 2 aromatic carbocycles. The van der Waals surface area contributed by atoms with Crippen molar-refractivity contribution in [3.63, 3.8) is 0 Å². The van der Waals surface area contributed by atoms with Crippen LogP contribution in [0.15, 0.2) is 66.7 Å². The van der Waals surface area contributed by atoms with E-state index in [1.165, 1.54) is 0 Å². The van der Waals surface area contributed by atoms with Gasteiger partial charge in [-0.2, -0.15) is 5.26 Å². The Labute approximate surface area is 151 Å². The molecule has 0 spiro atoms. The molecular weight excluding hydrogens is 320 g/mol. The van der Waals surface area contributed by atoms with Gasteiger partial charge in [-0.15, -0.1) is 0 Å². The Morgan fingerprint density at radius 3 is 2.42 bits per heavy atom. The minimum atomic E-state index is 0.406. The molecule has 2 aromatic heterocycles. The van der Waals surface area contributed by atoms with Crippen molar-refractivity contribution in [1.82, 2.24) is 15.0 Å². The molecular formula is C22H16N4. The smallest absolute Gasteiger partial charge is 0.179 e. The number of para-hydroxylation sites is 1. The van der Waals surface area contributed by atoms with Gasteiger partial charge in [-0.25, -0.2) is 15.0 Å². The van der Waals surface area contributed by atoms with Gasteiger partial charge >= 0.3 is 0 Å². The Balaban J connectivity index is 1.91. The van der Waals surface area contributed by atoms with Gasteiger partial charge in [0.1, 0.15) is 5.69 Å². The van der Waals surface area contributed by atoms with Gasteiger partial charge in [-0.05, 0) is 30.7 Å². The Kier molecular flexibility index (Phi) is 4.12. The zero-order chi connectivity index (χ0) is 17.9. The highest BCUT2D eigenvalue weighted by atomic mass is 14.9. The zero-order valence-electron chi connectivity index (χ0n) is 14.3. The molecule has 124 valence electrons. The average Bonchev–Trinajstić information content (AvgIpc) is 2.68. The van der Waals surface area contributed by atoms with Gasteiger partial charge < -0.3 is 0 Å². The third-order valence-electron chi connectivity index (χ3n) is 4.23.